The normalized spacial score (nSPS) is 17.1. The molecule has 1 atom stereocenters. The minimum atomic E-state index is -4.57. The Morgan fingerprint density at radius 2 is 1.74 bits per heavy atom. The molecule has 9 heteroatoms. The first kappa shape index (κ1) is 26.8. The summed E-state index contributed by atoms with van der Waals surface area (Å²) in [4.78, 5) is 27.7. The first-order chi connectivity index (χ1) is 18.1. The first-order valence-electron chi connectivity index (χ1n) is 11.9. The third-order valence-electron chi connectivity index (χ3n) is 6.24. The molecule has 1 aliphatic heterocycles. The number of carbonyl (C=O) groups excluding carboxylic acids is 2. The molecule has 0 aromatic heterocycles. The second-order valence-corrected chi connectivity index (χ2v) is 8.82. The topological polar surface area (TPSA) is 76.1 Å². The van der Waals surface area contributed by atoms with Crippen molar-refractivity contribution in [3.05, 3.63) is 94.6 Å². The predicted molar refractivity (Wildman–Crippen MR) is 136 cm³/mol. The second-order valence-electron chi connectivity index (χ2n) is 8.82. The SMILES string of the molecule is CCCOc1ccc(/C(O)=C2/C(=O)C(=O)N(c3ccc(C(F)(F)F)cc3)C2c2cccc(OC)c2)cc1C. The van der Waals surface area contributed by atoms with E-state index in [2.05, 4.69) is 0 Å². The lowest BCUT2D eigenvalue weighted by molar-refractivity contribution is -0.137. The maximum absolute atomic E-state index is 13.3. The van der Waals surface area contributed by atoms with Crippen LogP contribution in [0.2, 0.25) is 0 Å². The number of halogens is 3. The van der Waals surface area contributed by atoms with Crippen molar-refractivity contribution in [3.63, 3.8) is 0 Å². The van der Waals surface area contributed by atoms with E-state index in [1.165, 1.54) is 7.11 Å². The van der Waals surface area contributed by atoms with Crippen LogP contribution in [-0.4, -0.2) is 30.5 Å². The molecule has 1 aliphatic rings. The fourth-order valence-corrected chi connectivity index (χ4v) is 4.36. The largest absolute Gasteiger partial charge is 0.507 e. The Morgan fingerprint density at radius 1 is 1.03 bits per heavy atom. The van der Waals surface area contributed by atoms with Gasteiger partial charge in [0.15, 0.2) is 0 Å². The van der Waals surface area contributed by atoms with Gasteiger partial charge in [0, 0.05) is 11.3 Å². The van der Waals surface area contributed by atoms with Crippen LogP contribution in [0.5, 0.6) is 11.5 Å². The van der Waals surface area contributed by atoms with Gasteiger partial charge in [-0.1, -0.05) is 19.1 Å². The van der Waals surface area contributed by atoms with Crippen molar-refractivity contribution in [2.45, 2.75) is 32.5 Å². The highest BCUT2D eigenvalue weighted by atomic mass is 19.4. The summed E-state index contributed by atoms with van der Waals surface area (Å²) in [5, 5.41) is 11.3. The van der Waals surface area contributed by atoms with Gasteiger partial charge in [0.2, 0.25) is 0 Å². The fraction of sp³-hybridized carbons (Fsp3) is 0.241. The van der Waals surface area contributed by atoms with Crippen LogP contribution in [0.1, 0.15) is 41.6 Å². The zero-order chi connectivity index (χ0) is 27.6. The molecule has 1 saturated heterocycles. The summed E-state index contributed by atoms with van der Waals surface area (Å²) in [6, 6.07) is 14.3. The molecule has 1 heterocycles. The molecule has 3 aromatic rings. The number of nitrogens with zero attached hydrogens (tertiary/aromatic N) is 1. The Balaban J connectivity index is 1.87. The van der Waals surface area contributed by atoms with E-state index < -0.39 is 35.2 Å². The number of hydrogen-bond acceptors (Lipinski definition) is 5. The molecule has 1 unspecified atom stereocenters. The maximum Gasteiger partial charge on any atom is 0.416 e. The van der Waals surface area contributed by atoms with Gasteiger partial charge in [-0.05, 0) is 79.1 Å². The number of benzene rings is 3. The quantitative estimate of drug-likeness (QED) is 0.218. The van der Waals surface area contributed by atoms with E-state index in [-0.39, 0.29) is 11.3 Å². The summed E-state index contributed by atoms with van der Waals surface area (Å²) in [6.07, 6.45) is -3.75. The number of rotatable bonds is 7. The van der Waals surface area contributed by atoms with Crippen LogP contribution in [-0.2, 0) is 15.8 Å². The van der Waals surface area contributed by atoms with Gasteiger partial charge in [-0.25, -0.2) is 0 Å². The molecule has 1 fully saturated rings. The van der Waals surface area contributed by atoms with Gasteiger partial charge in [-0.2, -0.15) is 13.2 Å². The number of amides is 1. The molecule has 38 heavy (non-hydrogen) atoms. The number of anilines is 1. The Hall–Kier alpha value is -4.27. The molecule has 0 bridgehead atoms. The average molecular weight is 526 g/mol. The van der Waals surface area contributed by atoms with Crippen LogP contribution in [0.25, 0.3) is 5.76 Å². The van der Waals surface area contributed by atoms with Gasteiger partial charge >= 0.3 is 6.18 Å². The number of aliphatic hydroxyl groups excluding tert-OH is 1. The molecular formula is C29H26F3NO5. The van der Waals surface area contributed by atoms with Crippen molar-refractivity contribution >= 4 is 23.1 Å². The number of ketones is 1. The van der Waals surface area contributed by atoms with Gasteiger partial charge in [0.05, 0.1) is 30.9 Å². The molecule has 3 aromatic carbocycles. The van der Waals surface area contributed by atoms with Crippen LogP contribution < -0.4 is 14.4 Å². The van der Waals surface area contributed by atoms with Crippen molar-refractivity contribution in [2.24, 2.45) is 0 Å². The van der Waals surface area contributed by atoms with Crippen LogP contribution in [0, 0.1) is 6.92 Å². The van der Waals surface area contributed by atoms with Crippen molar-refractivity contribution in [3.8, 4) is 11.5 Å². The second kappa shape index (κ2) is 10.6. The third-order valence-corrected chi connectivity index (χ3v) is 6.24. The Morgan fingerprint density at radius 3 is 2.34 bits per heavy atom. The van der Waals surface area contributed by atoms with Gasteiger partial charge in [-0.15, -0.1) is 0 Å². The minimum Gasteiger partial charge on any atom is -0.507 e. The van der Waals surface area contributed by atoms with Gasteiger partial charge < -0.3 is 14.6 Å². The smallest absolute Gasteiger partial charge is 0.416 e. The number of aliphatic hydroxyl groups is 1. The highest BCUT2D eigenvalue weighted by Crippen LogP contribution is 2.43. The highest BCUT2D eigenvalue weighted by molar-refractivity contribution is 6.51. The minimum absolute atomic E-state index is 0.0754. The van der Waals surface area contributed by atoms with Crippen LogP contribution in [0.4, 0.5) is 18.9 Å². The third kappa shape index (κ3) is 5.09. The lowest BCUT2D eigenvalue weighted by Crippen LogP contribution is -2.29. The van der Waals surface area contributed by atoms with E-state index in [1.54, 1.807) is 49.4 Å². The standard InChI is InChI=1S/C29H26F3NO5/c1-4-14-38-23-13-8-19(15-17(23)2)26(34)24-25(18-6-5-7-22(16-18)37-3)33(28(36)27(24)35)21-11-9-20(10-12-21)29(30,31)32/h5-13,15-16,25,34H,4,14H2,1-3H3/b26-24-. The number of Topliss-reactive ketones (excluding diaryl/α,β-unsaturated/α-hetero) is 1. The van der Waals surface area contributed by atoms with Gasteiger partial charge in [0.25, 0.3) is 11.7 Å². The number of alkyl halides is 3. The molecule has 0 spiro atoms. The Labute approximate surface area is 217 Å². The summed E-state index contributed by atoms with van der Waals surface area (Å²) in [6.45, 7) is 4.28. The van der Waals surface area contributed by atoms with E-state index in [1.807, 2.05) is 6.92 Å². The van der Waals surface area contributed by atoms with Crippen LogP contribution in [0.3, 0.4) is 0 Å². The molecule has 6 nitrogen and oxygen atoms in total. The molecule has 1 N–H and O–H groups in total. The Kier molecular flexibility index (Phi) is 7.48. The van der Waals surface area contributed by atoms with Crippen molar-refractivity contribution in [1.82, 2.24) is 0 Å². The summed E-state index contributed by atoms with van der Waals surface area (Å²) in [7, 11) is 1.46. The maximum atomic E-state index is 13.3. The summed E-state index contributed by atoms with van der Waals surface area (Å²) in [5.41, 5.74) is 0.444. The molecule has 0 radical (unpaired) electrons. The summed E-state index contributed by atoms with van der Waals surface area (Å²) < 4.78 is 50.4. The molecular weight excluding hydrogens is 499 g/mol. The van der Waals surface area contributed by atoms with Gasteiger partial charge in [-0.3, -0.25) is 14.5 Å². The zero-order valence-corrected chi connectivity index (χ0v) is 21.0. The van der Waals surface area contributed by atoms with Crippen molar-refractivity contribution in [2.75, 3.05) is 18.6 Å². The molecule has 4 rings (SSSR count). The first-order valence-corrected chi connectivity index (χ1v) is 11.9. The lowest BCUT2D eigenvalue weighted by atomic mass is 9.94. The van der Waals surface area contributed by atoms with E-state index in [9.17, 15) is 27.9 Å². The number of methoxy groups -OCH3 is 1. The van der Waals surface area contributed by atoms with E-state index in [0.29, 0.717) is 29.2 Å². The zero-order valence-electron chi connectivity index (χ0n) is 21.0. The molecule has 1 amide bonds. The fourth-order valence-electron chi connectivity index (χ4n) is 4.36. The molecule has 198 valence electrons. The lowest BCUT2D eigenvalue weighted by Gasteiger charge is -2.26. The number of aryl methyl sites for hydroxylation is 1. The number of carbonyl (C=O) groups is 2. The highest BCUT2D eigenvalue weighted by Gasteiger charge is 2.47. The van der Waals surface area contributed by atoms with E-state index in [0.717, 1.165) is 41.1 Å². The van der Waals surface area contributed by atoms with E-state index in [4.69, 9.17) is 9.47 Å². The monoisotopic (exact) mass is 525 g/mol. The predicted octanol–water partition coefficient (Wildman–Crippen LogP) is 6.44. The molecule has 0 aliphatic carbocycles. The van der Waals surface area contributed by atoms with Crippen LogP contribution >= 0.6 is 0 Å². The number of hydrogen-bond donors (Lipinski definition) is 1. The van der Waals surface area contributed by atoms with Crippen LogP contribution in [0.15, 0.2) is 72.3 Å². The molecule has 0 saturated carbocycles. The van der Waals surface area contributed by atoms with Crippen molar-refractivity contribution in [1.29, 1.82) is 0 Å². The van der Waals surface area contributed by atoms with Gasteiger partial charge in [0.1, 0.15) is 17.3 Å². The number of ether oxygens (including phenoxy) is 2. The van der Waals surface area contributed by atoms with Crippen molar-refractivity contribution < 1.29 is 37.3 Å². The van der Waals surface area contributed by atoms with E-state index >= 15 is 0 Å². The Bertz CT molecular complexity index is 1400. The summed E-state index contributed by atoms with van der Waals surface area (Å²) in [5.74, 6) is -1.28. The average Bonchev–Trinajstić information content (AvgIpc) is 3.17. The summed E-state index contributed by atoms with van der Waals surface area (Å²) >= 11 is 0.